The summed E-state index contributed by atoms with van der Waals surface area (Å²) in [6.07, 6.45) is 1.47. The van der Waals surface area contributed by atoms with Gasteiger partial charge in [-0.2, -0.15) is 5.26 Å². The summed E-state index contributed by atoms with van der Waals surface area (Å²) in [5.41, 5.74) is 2.35. The topological polar surface area (TPSA) is 68.0 Å². The van der Waals surface area contributed by atoms with E-state index >= 15 is 0 Å². The molecule has 0 unspecified atom stereocenters. The second kappa shape index (κ2) is 5.70. The number of hydrogen-bond acceptors (Lipinski definition) is 5. The van der Waals surface area contributed by atoms with Crippen LogP contribution in [-0.4, -0.2) is 17.1 Å². The first-order valence-electron chi connectivity index (χ1n) is 6.69. The van der Waals surface area contributed by atoms with Gasteiger partial charge in [-0.1, -0.05) is 12.1 Å². The Labute approximate surface area is 127 Å². The number of ether oxygens (including phenoxy) is 2. The summed E-state index contributed by atoms with van der Waals surface area (Å²) in [6.45, 7) is 1.98. The molecule has 0 bridgehead atoms. The number of hydrogen-bond donors (Lipinski definition) is 0. The van der Waals surface area contributed by atoms with Gasteiger partial charge in [0.1, 0.15) is 6.33 Å². The van der Waals surface area contributed by atoms with Gasteiger partial charge in [0.25, 0.3) is 0 Å². The SMILES string of the molecule is COc1cc(C#N)ccc1Oc1ncnc2cccc(C)c12. The zero-order chi connectivity index (χ0) is 15.5. The van der Waals surface area contributed by atoms with Crippen molar-refractivity contribution >= 4 is 10.9 Å². The molecule has 0 spiro atoms. The molecule has 0 aliphatic rings. The number of nitrogens with zero attached hydrogens (tertiary/aromatic N) is 3. The lowest BCUT2D eigenvalue weighted by atomic mass is 10.1. The molecule has 5 heteroatoms. The summed E-state index contributed by atoms with van der Waals surface area (Å²) in [6, 6.07) is 12.9. The predicted octanol–water partition coefficient (Wildman–Crippen LogP) is 3.61. The maximum absolute atomic E-state index is 8.95. The van der Waals surface area contributed by atoms with Crippen LogP contribution < -0.4 is 9.47 Å². The van der Waals surface area contributed by atoms with Crippen LogP contribution in [0.15, 0.2) is 42.7 Å². The van der Waals surface area contributed by atoms with Crippen molar-refractivity contribution in [2.45, 2.75) is 6.92 Å². The lowest BCUT2D eigenvalue weighted by molar-refractivity contribution is 0.375. The highest BCUT2D eigenvalue weighted by Crippen LogP contribution is 2.34. The fourth-order valence-electron chi connectivity index (χ4n) is 2.25. The van der Waals surface area contributed by atoms with E-state index in [1.807, 2.05) is 25.1 Å². The molecule has 3 aromatic rings. The van der Waals surface area contributed by atoms with Gasteiger partial charge in [0.2, 0.25) is 5.88 Å². The number of benzene rings is 2. The van der Waals surface area contributed by atoms with Crippen molar-refractivity contribution in [2.24, 2.45) is 0 Å². The third-order valence-corrected chi connectivity index (χ3v) is 3.34. The summed E-state index contributed by atoms with van der Waals surface area (Å²) in [4.78, 5) is 8.48. The Morgan fingerprint density at radius 1 is 1.09 bits per heavy atom. The van der Waals surface area contributed by atoms with Crippen LogP contribution in [0.4, 0.5) is 0 Å². The molecule has 0 atom stereocenters. The van der Waals surface area contributed by atoms with Crippen molar-refractivity contribution in [2.75, 3.05) is 7.11 Å². The zero-order valence-electron chi connectivity index (χ0n) is 12.2. The summed E-state index contributed by atoms with van der Waals surface area (Å²) in [5.74, 6) is 1.45. The van der Waals surface area contributed by atoms with Crippen LogP contribution in [0.5, 0.6) is 17.4 Å². The number of nitriles is 1. The predicted molar refractivity (Wildman–Crippen MR) is 82.1 cm³/mol. The fraction of sp³-hybridized carbons (Fsp3) is 0.118. The van der Waals surface area contributed by atoms with E-state index in [4.69, 9.17) is 14.7 Å². The molecule has 0 amide bonds. The van der Waals surface area contributed by atoms with E-state index in [-0.39, 0.29) is 0 Å². The molecule has 0 saturated heterocycles. The van der Waals surface area contributed by atoms with Gasteiger partial charge in [-0.3, -0.25) is 0 Å². The highest BCUT2D eigenvalue weighted by atomic mass is 16.5. The van der Waals surface area contributed by atoms with Gasteiger partial charge in [-0.25, -0.2) is 9.97 Å². The van der Waals surface area contributed by atoms with Crippen molar-refractivity contribution in [1.29, 1.82) is 5.26 Å². The van der Waals surface area contributed by atoms with Gasteiger partial charge >= 0.3 is 0 Å². The van der Waals surface area contributed by atoms with Crippen LogP contribution >= 0.6 is 0 Å². The average molecular weight is 291 g/mol. The van der Waals surface area contributed by atoms with Crippen molar-refractivity contribution < 1.29 is 9.47 Å². The third kappa shape index (κ3) is 2.42. The van der Waals surface area contributed by atoms with E-state index in [9.17, 15) is 0 Å². The van der Waals surface area contributed by atoms with Crippen LogP contribution in [0, 0.1) is 18.3 Å². The van der Waals surface area contributed by atoms with Crippen LogP contribution in [0.1, 0.15) is 11.1 Å². The maximum Gasteiger partial charge on any atom is 0.230 e. The lowest BCUT2D eigenvalue weighted by Crippen LogP contribution is -1.95. The highest BCUT2D eigenvalue weighted by Gasteiger charge is 2.12. The molecule has 5 nitrogen and oxygen atoms in total. The molecule has 22 heavy (non-hydrogen) atoms. The Morgan fingerprint density at radius 3 is 2.73 bits per heavy atom. The number of fused-ring (bicyclic) bond motifs is 1. The van der Waals surface area contributed by atoms with Gasteiger partial charge in [0, 0.05) is 6.07 Å². The van der Waals surface area contributed by atoms with Crippen molar-refractivity contribution in [1.82, 2.24) is 9.97 Å². The van der Waals surface area contributed by atoms with Gasteiger partial charge in [-0.15, -0.1) is 0 Å². The first-order valence-corrected chi connectivity index (χ1v) is 6.69. The minimum Gasteiger partial charge on any atom is -0.493 e. The van der Waals surface area contributed by atoms with Gasteiger partial charge < -0.3 is 9.47 Å². The Bertz CT molecular complexity index is 879. The Balaban J connectivity index is 2.10. The summed E-state index contributed by atoms with van der Waals surface area (Å²) >= 11 is 0. The first kappa shape index (κ1) is 13.8. The molecule has 0 aliphatic carbocycles. The summed E-state index contributed by atoms with van der Waals surface area (Å²) in [5, 5.41) is 9.81. The Kier molecular flexibility index (Phi) is 3.58. The average Bonchev–Trinajstić information content (AvgIpc) is 2.55. The Hall–Kier alpha value is -3.13. The van der Waals surface area contributed by atoms with E-state index in [1.54, 1.807) is 18.2 Å². The minimum atomic E-state index is 0.464. The molecule has 2 aromatic carbocycles. The van der Waals surface area contributed by atoms with Crippen LogP contribution in [0.3, 0.4) is 0 Å². The number of aromatic nitrogens is 2. The van der Waals surface area contributed by atoms with Gasteiger partial charge in [0.15, 0.2) is 11.5 Å². The maximum atomic E-state index is 8.95. The zero-order valence-corrected chi connectivity index (χ0v) is 12.2. The fourth-order valence-corrected chi connectivity index (χ4v) is 2.25. The second-order valence-corrected chi connectivity index (χ2v) is 4.73. The molecular formula is C17H13N3O2. The van der Waals surface area contributed by atoms with E-state index in [0.29, 0.717) is 22.9 Å². The second-order valence-electron chi connectivity index (χ2n) is 4.73. The van der Waals surface area contributed by atoms with Crippen molar-refractivity contribution in [3.63, 3.8) is 0 Å². The van der Waals surface area contributed by atoms with E-state index in [2.05, 4.69) is 16.0 Å². The minimum absolute atomic E-state index is 0.464. The number of rotatable bonds is 3. The molecule has 0 N–H and O–H groups in total. The molecule has 0 aliphatic heterocycles. The van der Waals surface area contributed by atoms with Gasteiger partial charge in [-0.05, 0) is 30.7 Å². The van der Waals surface area contributed by atoms with Gasteiger partial charge in [0.05, 0.1) is 29.6 Å². The van der Waals surface area contributed by atoms with E-state index in [1.165, 1.54) is 13.4 Å². The molecule has 0 saturated carbocycles. The quantitative estimate of drug-likeness (QED) is 0.737. The van der Waals surface area contributed by atoms with Crippen molar-refractivity contribution in [3.8, 4) is 23.4 Å². The smallest absolute Gasteiger partial charge is 0.230 e. The monoisotopic (exact) mass is 291 g/mol. The summed E-state index contributed by atoms with van der Waals surface area (Å²) in [7, 11) is 1.53. The molecular weight excluding hydrogens is 278 g/mol. The summed E-state index contributed by atoms with van der Waals surface area (Å²) < 4.78 is 11.2. The van der Waals surface area contributed by atoms with Crippen molar-refractivity contribution in [3.05, 3.63) is 53.9 Å². The third-order valence-electron chi connectivity index (χ3n) is 3.34. The highest BCUT2D eigenvalue weighted by molar-refractivity contribution is 5.86. The molecule has 3 rings (SSSR count). The number of methoxy groups -OCH3 is 1. The van der Waals surface area contributed by atoms with E-state index < -0.39 is 0 Å². The molecule has 108 valence electrons. The Morgan fingerprint density at radius 2 is 1.95 bits per heavy atom. The molecule has 0 radical (unpaired) electrons. The molecule has 1 heterocycles. The van der Waals surface area contributed by atoms with E-state index in [0.717, 1.165) is 16.5 Å². The first-order chi connectivity index (χ1) is 10.7. The molecule has 1 aromatic heterocycles. The van der Waals surface area contributed by atoms with Crippen LogP contribution in [0.2, 0.25) is 0 Å². The number of aryl methyl sites for hydroxylation is 1. The normalized spacial score (nSPS) is 10.2. The molecule has 0 fully saturated rings. The van der Waals surface area contributed by atoms with Crippen LogP contribution in [-0.2, 0) is 0 Å². The standard InChI is InChI=1S/C17H13N3O2/c1-11-4-3-5-13-16(11)17(20-10-19-13)22-14-7-6-12(9-18)8-15(14)21-2/h3-8,10H,1-2H3. The van der Waals surface area contributed by atoms with Crippen LogP contribution in [0.25, 0.3) is 10.9 Å². The largest absolute Gasteiger partial charge is 0.493 e. The lowest BCUT2D eigenvalue weighted by Gasteiger charge is -2.12.